The van der Waals surface area contributed by atoms with Gasteiger partial charge in [0.05, 0.1) is 10.4 Å². The summed E-state index contributed by atoms with van der Waals surface area (Å²) in [5.41, 5.74) is 11.4. The summed E-state index contributed by atoms with van der Waals surface area (Å²) in [5.74, 6) is 0. The van der Waals surface area contributed by atoms with Crippen molar-refractivity contribution in [2.24, 2.45) is 0 Å². The van der Waals surface area contributed by atoms with E-state index in [9.17, 15) is 0 Å². The highest BCUT2D eigenvalue weighted by Gasteiger charge is 2.35. The average Bonchev–Trinajstić information content (AvgIpc) is 3.51. The second-order valence-corrected chi connectivity index (χ2v) is 12.5. The molecule has 6 aromatic carbocycles. The zero-order valence-electron chi connectivity index (χ0n) is 23.1. The smallest absolute Gasteiger partial charge is 0.0640 e. The van der Waals surface area contributed by atoms with Crippen molar-refractivity contribution in [2.45, 2.75) is 19.3 Å². The van der Waals surface area contributed by atoms with E-state index in [0.717, 1.165) is 5.69 Å². The molecule has 1 aliphatic rings. The maximum absolute atomic E-state index is 2.45. The molecule has 196 valence electrons. The molecule has 2 heteroatoms. The van der Waals surface area contributed by atoms with Crippen LogP contribution in [0.1, 0.15) is 25.0 Å². The summed E-state index contributed by atoms with van der Waals surface area (Å²) < 4.78 is 2.63. The molecule has 0 saturated carbocycles. The lowest BCUT2D eigenvalue weighted by atomic mass is 9.82. The molecule has 0 N–H and O–H groups in total. The van der Waals surface area contributed by atoms with Crippen molar-refractivity contribution in [3.05, 3.63) is 151 Å². The van der Waals surface area contributed by atoms with E-state index in [1.165, 1.54) is 64.9 Å². The van der Waals surface area contributed by atoms with Crippen LogP contribution in [0.25, 0.3) is 42.4 Å². The Hall–Kier alpha value is -4.66. The standard InChI is InChI=1S/C39H29NS/c1-39(2)34-16-8-6-13-30(34)31-24-23-29(25-35(31)39)40(28-21-19-27(20-22-28)26-11-4-3-5-12-26)36-17-10-15-33-32-14-7-9-18-37(32)41-38(33)36/h3-25H,1-2H3. The average molecular weight is 544 g/mol. The minimum Gasteiger partial charge on any atom is -0.309 e. The van der Waals surface area contributed by atoms with E-state index in [4.69, 9.17) is 0 Å². The van der Waals surface area contributed by atoms with Gasteiger partial charge in [0.25, 0.3) is 0 Å². The van der Waals surface area contributed by atoms with Crippen LogP contribution in [-0.4, -0.2) is 0 Å². The third-order valence-corrected chi connectivity index (χ3v) is 9.89. The summed E-state index contributed by atoms with van der Waals surface area (Å²) in [6.45, 7) is 4.71. The van der Waals surface area contributed by atoms with Crippen molar-refractivity contribution in [3.63, 3.8) is 0 Å². The van der Waals surface area contributed by atoms with E-state index in [1.54, 1.807) is 0 Å². The molecular weight excluding hydrogens is 515 g/mol. The Morgan fingerprint density at radius 2 is 1.17 bits per heavy atom. The van der Waals surface area contributed by atoms with Crippen LogP contribution in [0.5, 0.6) is 0 Å². The Kier molecular flexibility index (Phi) is 5.42. The van der Waals surface area contributed by atoms with Gasteiger partial charge in [-0.15, -0.1) is 11.3 Å². The normalized spacial score (nSPS) is 13.3. The molecular formula is C39H29NS. The summed E-state index contributed by atoms with van der Waals surface area (Å²) in [4.78, 5) is 2.45. The lowest BCUT2D eigenvalue weighted by Crippen LogP contribution is -2.16. The van der Waals surface area contributed by atoms with Gasteiger partial charge >= 0.3 is 0 Å². The highest BCUT2D eigenvalue weighted by molar-refractivity contribution is 7.26. The zero-order chi connectivity index (χ0) is 27.6. The number of rotatable bonds is 4. The van der Waals surface area contributed by atoms with Crippen LogP contribution >= 0.6 is 11.3 Å². The fourth-order valence-electron chi connectivity index (χ4n) is 6.60. The fraction of sp³-hybridized carbons (Fsp3) is 0.0769. The molecule has 8 rings (SSSR count). The first kappa shape index (κ1) is 24.2. The molecule has 0 bridgehead atoms. The van der Waals surface area contributed by atoms with Gasteiger partial charge in [-0.3, -0.25) is 0 Å². The molecule has 0 spiro atoms. The summed E-state index contributed by atoms with van der Waals surface area (Å²) in [6.07, 6.45) is 0. The van der Waals surface area contributed by atoms with Gasteiger partial charge in [-0.1, -0.05) is 117 Å². The van der Waals surface area contributed by atoms with Gasteiger partial charge in [-0.2, -0.15) is 0 Å². The number of anilines is 3. The van der Waals surface area contributed by atoms with Crippen LogP contribution in [0.15, 0.2) is 140 Å². The van der Waals surface area contributed by atoms with Gasteiger partial charge in [-0.05, 0) is 69.8 Å². The summed E-state index contributed by atoms with van der Waals surface area (Å²) in [5, 5.41) is 2.63. The number of benzene rings is 6. The molecule has 0 radical (unpaired) electrons. The van der Waals surface area contributed by atoms with Gasteiger partial charge in [-0.25, -0.2) is 0 Å². The Labute approximate surface area is 245 Å². The number of hydrogen-bond acceptors (Lipinski definition) is 2. The zero-order valence-corrected chi connectivity index (χ0v) is 24.0. The largest absolute Gasteiger partial charge is 0.309 e. The van der Waals surface area contributed by atoms with E-state index in [1.807, 2.05) is 11.3 Å². The first-order chi connectivity index (χ1) is 20.1. The lowest BCUT2D eigenvalue weighted by Gasteiger charge is -2.28. The van der Waals surface area contributed by atoms with E-state index in [0.29, 0.717) is 0 Å². The molecule has 1 aromatic heterocycles. The van der Waals surface area contributed by atoms with Crippen molar-refractivity contribution in [1.29, 1.82) is 0 Å². The SMILES string of the molecule is CC1(C)c2ccccc2-c2ccc(N(c3ccc(-c4ccccc4)cc3)c3cccc4c3sc3ccccc34)cc21. The summed E-state index contributed by atoms with van der Waals surface area (Å²) in [6, 6.07) is 51.0. The van der Waals surface area contributed by atoms with Crippen molar-refractivity contribution < 1.29 is 0 Å². The van der Waals surface area contributed by atoms with E-state index in [-0.39, 0.29) is 5.41 Å². The second kappa shape index (κ2) is 9.19. The maximum Gasteiger partial charge on any atom is 0.0640 e. The van der Waals surface area contributed by atoms with Gasteiger partial charge < -0.3 is 4.90 Å². The Morgan fingerprint density at radius 1 is 0.512 bits per heavy atom. The van der Waals surface area contributed by atoms with Crippen molar-refractivity contribution in [1.82, 2.24) is 0 Å². The molecule has 0 saturated heterocycles. The van der Waals surface area contributed by atoms with E-state index < -0.39 is 0 Å². The molecule has 7 aromatic rings. The molecule has 1 nitrogen and oxygen atoms in total. The molecule has 1 heterocycles. The molecule has 1 aliphatic carbocycles. The van der Waals surface area contributed by atoms with E-state index >= 15 is 0 Å². The van der Waals surface area contributed by atoms with Crippen LogP contribution in [0.3, 0.4) is 0 Å². The van der Waals surface area contributed by atoms with Crippen LogP contribution in [0, 0.1) is 0 Å². The fourth-order valence-corrected chi connectivity index (χ4v) is 7.81. The number of thiophene rings is 1. The van der Waals surface area contributed by atoms with Crippen molar-refractivity contribution in [2.75, 3.05) is 4.90 Å². The Morgan fingerprint density at radius 3 is 2.02 bits per heavy atom. The topological polar surface area (TPSA) is 3.24 Å². The third-order valence-electron chi connectivity index (χ3n) is 8.68. The summed E-state index contributed by atoms with van der Waals surface area (Å²) >= 11 is 1.88. The summed E-state index contributed by atoms with van der Waals surface area (Å²) in [7, 11) is 0. The highest BCUT2D eigenvalue weighted by Crippen LogP contribution is 2.51. The first-order valence-corrected chi connectivity index (χ1v) is 15.0. The monoisotopic (exact) mass is 543 g/mol. The van der Waals surface area contributed by atoms with Crippen LogP contribution < -0.4 is 4.90 Å². The minimum atomic E-state index is -0.0611. The van der Waals surface area contributed by atoms with Gasteiger partial charge in [0.15, 0.2) is 0 Å². The first-order valence-electron chi connectivity index (χ1n) is 14.2. The highest BCUT2D eigenvalue weighted by atomic mass is 32.1. The van der Waals surface area contributed by atoms with Crippen LogP contribution in [0.2, 0.25) is 0 Å². The number of nitrogens with zero attached hydrogens (tertiary/aromatic N) is 1. The third kappa shape index (κ3) is 3.75. The van der Waals surface area contributed by atoms with Crippen molar-refractivity contribution >= 4 is 48.6 Å². The molecule has 0 atom stereocenters. The molecule has 41 heavy (non-hydrogen) atoms. The number of hydrogen-bond donors (Lipinski definition) is 0. The van der Waals surface area contributed by atoms with E-state index in [2.05, 4.69) is 158 Å². The quantitative estimate of drug-likeness (QED) is 0.213. The predicted molar refractivity (Wildman–Crippen MR) is 177 cm³/mol. The van der Waals surface area contributed by atoms with Gasteiger partial charge in [0.1, 0.15) is 0 Å². The second-order valence-electron chi connectivity index (χ2n) is 11.4. The number of fused-ring (bicyclic) bond motifs is 6. The van der Waals surface area contributed by atoms with Crippen LogP contribution in [-0.2, 0) is 5.41 Å². The lowest BCUT2D eigenvalue weighted by molar-refractivity contribution is 0.660. The molecule has 0 fully saturated rings. The minimum absolute atomic E-state index is 0.0611. The molecule has 0 amide bonds. The Bertz CT molecular complexity index is 2070. The Balaban J connectivity index is 1.34. The molecule has 0 unspecified atom stereocenters. The van der Waals surface area contributed by atoms with Gasteiger partial charge in [0.2, 0.25) is 0 Å². The predicted octanol–water partition coefficient (Wildman–Crippen LogP) is 11.5. The molecule has 0 aliphatic heterocycles. The van der Waals surface area contributed by atoms with Crippen LogP contribution in [0.4, 0.5) is 17.1 Å². The van der Waals surface area contributed by atoms with Crippen molar-refractivity contribution in [3.8, 4) is 22.3 Å². The maximum atomic E-state index is 2.45. The van der Waals surface area contributed by atoms with Gasteiger partial charge in [0, 0.05) is 32.3 Å².